The molecule has 0 aromatic rings. The zero-order valence-corrected chi connectivity index (χ0v) is 13.2. The summed E-state index contributed by atoms with van der Waals surface area (Å²) < 4.78 is 25.5. The van der Waals surface area contributed by atoms with Gasteiger partial charge in [-0.1, -0.05) is 19.8 Å². The van der Waals surface area contributed by atoms with Gasteiger partial charge in [0.15, 0.2) is 0 Å². The van der Waals surface area contributed by atoms with Crippen LogP contribution in [0, 0.1) is 11.3 Å². The Kier molecular flexibility index (Phi) is 6.38. The van der Waals surface area contributed by atoms with E-state index >= 15 is 0 Å². The van der Waals surface area contributed by atoms with Crippen molar-refractivity contribution in [2.45, 2.75) is 57.9 Å². The van der Waals surface area contributed by atoms with Gasteiger partial charge in [0.2, 0.25) is 0 Å². The molecule has 2 fully saturated rings. The van der Waals surface area contributed by atoms with E-state index in [9.17, 15) is 8.78 Å². The highest BCUT2D eigenvalue weighted by atomic mass is 19.3. The molecular formula is C16H30F2N2O. The molecule has 2 rings (SSSR count). The van der Waals surface area contributed by atoms with Crippen LogP contribution in [0.2, 0.25) is 0 Å². The highest BCUT2D eigenvalue weighted by Crippen LogP contribution is 2.40. The van der Waals surface area contributed by atoms with E-state index in [1.807, 2.05) is 0 Å². The maximum atomic E-state index is 12.7. The number of aliphatic hydroxyl groups is 1. The van der Waals surface area contributed by atoms with Gasteiger partial charge < -0.3 is 10.4 Å². The van der Waals surface area contributed by atoms with Gasteiger partial charge in [-0.3, -0.25) is 4.90 Å². The van der Waals surface area contributed by atoms with E-state index in [-0.39, 0.29) is 18.6 Å². The van der Waals surface area contributed by atoms with Crippen molar-refractivity contribution in [2.75, 3.05) is 32.8 Å². The van der Waals surface area contributed by atoms with Gasteiger partial charge in [0.1, 0.15) is 0 Å². The van der Waals surface area contributed by atoms with E-state index < -0.39 is 6.43 Å². The Bertz CT molecular complexity index is 303. The van der Waals surface area contributed by atoms with E-state index in [1.165, 1.54) is 25.7 Å². The Morgan fingerprint density at radius 3 is 2.43 bits per heavy atom. The molecule has 0 aromatic heterocycles. The van der Waals surface area contributed by atoms with Crippen LogP contribution in [0.1, 0.15) is 45.4 Å². The van der Waals surface area contributed by atoms with Gasteiger partial charge in [-0.2, -0.15) is 0 Å². The van der Waals surface area contributed by atoms with Gasteiger partial charge >= 0.3 is 0 Å². The maximum absolute atomic E-state index is 12.7. The lowest BCUT2D eigenvalue weighted by molar-refractivity contribution is 0.0320. The Balaban J connectivity index is 1.94. The van der Waals surface area contributed by atoms with Gasteiger partial charge in [0.05, 0.1) is 13.2 Å². The van der Waals surface area contributed by atoms with Crippen LogP contribution in [-0.2, 0) is 0 Å². The van der Waals surface area contributed by atoms with E-state index in [4.69, 9.17) is 5.11 Å². The molecule has 21 heavy (non-hydrogen) atoms. The van der Waals surface area contributed by atoms with Crippen LogP contribution < -0.4 is 5.32 Å². The van der Waals surface area contributed by atoms with Crippen molar-refractivity contribution in [2.24, 2.45) is 11.3 Å². The second kappa shape index (κ2) is 7.84. The summed E-state index contributed by atoms with van der Waals surface area (Å²) >= 11 is 0. The van der Waals surface area contributed by atoms with Crippen molar-refractivity contribution in [3.63, 3.8) is 0 Å². The highest BCUT2D eigenvalue weighted by molar-refractivity contribution is 4.92. The quantitative estimate of drug-likeness (QED) is 0.687. The first-order valence-corrected chi connectivity index (χ1v) is 8.38. The number of alkyl halides is 2. The molecule has 0 amide bonds. The molecule has 124 valence electrons. The number of nitrogens with one attached hydrogen (secondary N) is 1. The molecule has 0 radical (unpaired) electrons. The summed E-state index contributed by atoms with van der Waals surface area (Å²) in [7, 11) is 0. The number of halogens is 2. The summed E-state index contributed by atoms with van der Waals surface area (Å²) in [6.07, 6.45) is 4.78. The topological polar surface area (TPSA) is 35.5 Å². The summed E-state index contributed by atoms with van der Waals surface area (Å²) in [5.41, 5.74) is 0.110. The molecule has 0 aliphatic heterocycles. The molecule has 2 N–H and O–H groups in total. The molecular weight excluding hydrogens is 274 g/mol. The van der Waals surface area contributed by atoms with E-state index in [1.54, 1.807) is 4.90 Å². The smallest absolute Gasteiger partial charge is 0.251 e. The van der Waals surface area contributed by atoms with Gasteiger partial charge in [-0.15, -0.1) is 0 Å². The van der Waals surface area contributed by atoms with Gasteiger partial charge in [-0.25, -0.2) is 8.78 Å². The first-order valence-electron chi connectivity index (χ1n) is 8.38. The third-order valence-electron chi connectivity index (χ3n) is 5.05. The summed E-state index contributed by atoms with van der Waals surface area (Å²) in [4.78, 5) is 1.76. The lowest BCUT2D eigenvalue weighted by Crippen LogP contribution is -2.48. The lowest BCUT2D eigenvalue weighted by Gasteiger charge is -2.43. The summed E-state index contributed by atoms with van der Waals surface area (Å²) in [6.45, 7) is 3.99. The van der Waals surface area contributed by atoms with Crippen molar-refractivity contribution < 1.29 is 13.9 Å². The Morgan fingerprint density at radius 2 is 1.90 bits per heavy atom. The monoisotopic (exact) mass is 304 g/mol. The van der Waals surface area contributed by atoms with E-state index in [0.29, 0.717) is 19.1 Å². The molecule has 2 aliphatic rings. The molecule has 0 heterocycles. The van der Waals surface area contributed by atoms with Crippen LogP contribution in [0.3, 0.4) is 0 Å². The van der Waals surface area contributed by atoms with Crippen LogP contribution in [-0.4, -0.2) is 55.3 Å². The molecule has 0 atom stereocenters. The predicted octanol–water partition coefficient (Wildman–Crippen LogP) is 2.49. The summed E-state index contributed by atoms with van der Waals surface area (Å²) in [5.74, 6) is 0.750. The molecule has 0 spiro atoms. The Hall–Kier alpha value is -0.260. The van der Waals surface area contributed by atoms with Crippen LogP contribution >= 0.6 is 0 Å². The average Bonchev–Trinajstić information content (AvgIpc) is 3.24. The van der Waals surface area contributed by atoms with Crippen LogP contribution in [0.15, 0.2) is 0 Å². The van der Waals surface area contributed by atoms with E-state index in [0.717, 1.165) is 25.3 Å². The first-order chi connectivity index (χ1) is 10.0. The predicted molar refractivity (Wildman–Crippen MR) is 80.6 cm³/mol. The molecule has 3 nitrogen and oxygen atoms in total. The zero-order chi connectivity index (χ0) is 15.3. The van der Waals surface area contributed by atoms with Crippen LogP contribution in [0.4, 0.5) is 8.78 Å². The van der Waals surface area contributed by atoms with Crippen molar-refractivity contribution in [3.05, 3.63) is 0 Å². The SMILES string of the molecule is CC1CCC(CNC2CC2)(CN(CCO)CC(F)F)CC1. The zero-order valence-electron chi connectivity index (χ0n) is 13.2. The lowest BCUT2D eigenvalue weighted by atomic mass is 9.70. The van der Waals surface area contributed by atoms with Gasteiger partial charge in [0.25, 0.3) is 6.43 Å². The van der Waals surface area contributed by atoms with E-state index in [2.05, 4.69) is 12.2 Å². The molecule has 0 aromatic carbocycles. The van der Waals surface area contributed by atoms with Crippen molar-refractivity contribution in [1.29, 1.82) is 0 Å². The maximum Gasteiger partial charge on any atom is 0.251 e. The Morgan fingerprint density at radius 1 is 1.24 bits per heavy atom. The van der Waals surface area contributed by atoms with Crippen LogP contribution in [0.25, 0.3) is 0 Å². The standard InChI is InChI=1S/C16H30F2N2O/c1-13-4-6-16(7-5-13,11-19-14-2-3-14)12-20(8-9-21)10-15(17)18/h13-15,19,21H,2-12H2,1H3. The molecule has 0 bridgehead atoms. The fourth-order valence-corrected chi connectivity index (χ4v) is 3.46. The average molecular weight is 304 g/mol. The minimum atomic E-state index is -2.33. The summed E-state index contributed by atoms with van der Waals surface area (Å²) in [5, 5.41) is 12.7. The molecule has 0 unspecified atom stereocenters. The molecule has 2 saturated carbocycles. The van der Waals surface area contributed by atoms with Crippen molar-refractivity contribution >= 4 is 0 Å². The number of hydrogen-bond donors (Lipinski definition) is 2. The minimum Gasteiger partial charge on any atom is -0.395 e. The number of hydrogen-bond acceptors (Lipinski definition) is 3. The molecule has 2 aliphatic carbocycles. The number of rotatable bonds is 9. The molecule has 0 saturated heterocycles. The van der Waals surface area contributed by atoms with Crippen LogP contribution in [0.5, 0.6) is 0 Å². The fourth-order valence-electron chi connectivity index (χ4n) is 3.46. The first kappa shape index (κ1) is 17.1. The van der Waals surface area contributed by atoms with Gasteiger partial charge in [0, 0.05) is 25.7 Å². The second-order valence-electron chi connectivity index (χ2n) is 7.19. The number of nitrogens with zero attached hydrogens (tertiary/aromatic N) is 1. The molecule has 5 heteroatoms. The van der Waals surface area contributed by atoms with Gasteiger partial charge in [-0.05, 0) is 37.0 Å². The Labute approximate surface area is 127 Å². The third kappa shape index (κ3) is 5.80. The largest absolute Gasteiger partial charge is 0.395 e. The highest BCUT2D eigenvalue weighted by Gasteiger charge is 2.37. The normalized spacial score (nSPS) is 30.3. The minimum absolute atomic E-state index is 0.0464. The summed E-state index contributed by atoms with van der Waals surface area (Å²) in [6, 6.07) is 0.655. The fraction of sp³-hybridized carbons (Fsp3) is 1.00. The van der Waals surface area contributed by atoms with Crippen molar-refractivity contribution in [3.8, 4) is 0 Å². The third-order valence-corrected chi connectivity index (χ3v) is 5.05. The number of aliphatic hydroxyl groups excluding tert-OH is 1. The second-order valence-corrected chi connectivity index (χ2v) is 7.19. The van der Waals surface area contributed by atoms with Crippen molar-refractivity contribution in [1.82, 2.24) is 10.2 Å².